The van der Waals surface area contributed by atoms with Crippen molar-refractivity contribution in [3.05, 3.63) is 35.4 Å². The smallest absolute Gasteiger partial charge is 0.352 e. The lowest BCUT2D eigenvalue weighted by atomic mass is 9.93. The van der Waals surface area contributed by atoms with E-state index in [0.29, 0.717) is 24.9 Å². The summed E-state index contributed by atoms with van der Waals surface area (Å²) in [5.74, 6) is -0.241. The van der Waals surface area contributed by atoms with Gasteiger partial charge in [-0.25, -0.2) is 0 Å². The number of rotatable bonds is 4. The minimum absolute atomic E-state index is 0. The highest BCUT2D eigenvalue weighted by atomic mass is 35.5. The molecule has 1 aromatic rings. The molecule has 2 rings (SSSR count). The molecule has 1 fully saturated rings. The second-order valence-corrected chi connectivity index (χ2v) is 5.27. The first-order valence-corrected chi connectivity index (χ1v) is 6.48. The van der Waals surface area contributed by atoms with Gasteiger partial charge in [-0.2, -0.15) is 13.2 Å². The number of halogens is 4. The Morgan fingerprint density at radius 3 is 2.52 bits per heavy atom. The van der Waals surface area contributed by atoms with Crippen molar-refractivity contribution >= 4 is 18.3 Å². The van der Waals surface area contributed by atoms with Gasteiger partial charge in [0, 0.05) is 12.6 Å². The Kier molecular flexibility index (Phi) is 5.28. The Morgan fingerprint density at radius 1 is 1.43 bits per heavy atom. The summed E-state index contributed by atoms with van der Waals surface area (Å²) in [5.41, 5.74) is 4.33. The zero-order valence-electron chi connectivity index (χ0n) is 11.5. The fraction of sp³-hybridized carbons (Fsp3) is 0.500. The highest BCUT2D eigenvalue weighted by Gasteiger charge is 2.51. The zero-order valence-corrected chi connectivity index (χ0v) is 12.4. The lowest BCUT2D eigenvalue weighted by molar-refractivity contribution is -0.137. The highest BCUT2D eigenvalue weighted by Crippen LogP contribution is 2.49. The molecule has 1 aliphatic carbocycles. The van der Waals surface area contributed by atoms with E-state index in [0.717, 1.165) is 12.1 Å². The van der Waals surface area contributed by atoms with Crippen LogP contribution in [0.25, 0.3) is 0 Å². The zero-order chi connectivity index (χ0) is 15.0. The molecule has 1 atom stereocenters. The number of alkyl halides is 3. The van der Waals surface area contributed by atoms with Crippen molar-refractivity contribution in [2.24, 2.45) is 5.73 Å². The van der Waals surface area contributed by atoms with E-state index < -0.39 is 17.2 Å². The number of carbonyl (C=O) groups is 1. The lowest BCUT2D eigenvalue weighted by Crippen LogP contribution is -2.43. The quantitative estimate of drug-likeness (QED) is 0.895. The minimum Gasteiger partial charge on any atom is -0.352 e. The summed E-state index contributed by atoms with van der Waals surface area (Å²) < 4.78 is 38.2. The van der Waals surface area contributed by atoms with E-state index in [2.05, 4.69) is 5.32 Å². The number of nitrogens with one attached hydrogen (secondary N) is 1. The summed E-state index contributed by atoms with van der Waals surface area (Å²) in [5, 5.41) is 2.74. The van der Waals surface area contributed by atoms with Gasteiger partial charge < -0.3 is 11.1 Å². The summed E-state index contributed by atoms with van der Waals surface area (Å²) in [6.45, 7) is 2.06. The van der Waals surface area contributed by atoms with E-state index in [4.69, 9.17) is 5.73 Å². The van der Waals surface area contributed by atoms with E-state index in [1.807, 2.05) is 0 Å². The molecule has 0 aliphatic heterocycles. The molecule has 118 valence electrons. The number of amides is 1. The third kappa shape index (κ3) is 3.68. The van der Waals surface area contributed by atoms with Crippen LogP contribution >= 0.6 is 12.4 Å². The van der Waals surface area contributed by atoms with E-state index in [9.17, 15) is 18.0 Å². The van der Waals surface area contributed by atoms with Crippen molar-refractivity contribution in [2.45, 2.75) is 37.4 Å². The molecule has 21 heavy (non-hydrogen) atoms. The largest absolute Gasteiger partial charge is 0.416 e. The average molecular weight is 323 g/mol. The monoisotopic (exact) mass is 322 g/mol. The summed E-state index contributed by atoms with van der Waals surface area (Å²) in [7, 11) is 0. The van der Waals surface area contributed by atoms with Crippen molar-refractivity contribution in [2.75, 3.05) is 6.54 Å². The first-order chi connectivity index (χ1) is 9.29. The van der Waals surface area contributed by atoms with Gasteiger partial charge in [-0.05, 0) is 31.4 Å². The van der Waals surface area contributed by atoms with Gasteiger partial charge in [-0.3, -0.25) is 4.79 Å². The average Bonchev–Trinajstić information content (AvgIpc) is 3.19. The Balaban J connectivity index is 0.00000220. The molecule has 3 nitrogen and oxygen atoms in total. The Hall–Kier alpha value is -1.27. The van der Waals surface area contributed by atoms with E-state index >= 15 is 0 Å². The fourth-order valence-electron chi connectivity index (χ4n) is 2.19. The van der Waals surface area contributed by atoms with Crippen molar-refractivity contribution in [1.82, 2.24) is 5.32 Å². The number of carbonyl (C=O) groups excluding carboxylic acids is 1. The Labute approximate surface area is 127 Å². The molecular formula is C14H18ClF3N2O. The molecule has 0 heterocycles. The van der Waals surface area contributed by atoms with Gasteiger partial charge in [-0.1, -0.05) is 18.2 Å². The van der Waals surface area contributed by atoms with Crippen LogP contribution in [-0.2, 0) is 16.4 Å². The standard InChI is InChI=1S/C14H17F3N2O.ClH/c1-9(8-18)19-12(20)13(5-6-13)10-3-2-4-11(7-10)14(15,16)17;/h2-4,7,9H,5-6,8,18H2,1H3,(H,19,20);1H/t9-;/m0./s1. The van der Waals surface area contributed by atoms with Gasteiger partial charge in [0.1, 0.15) is 0 Å². The van der Waals surface area contributed by atoms with E-state index in [-0.39, 0.29) is 24.4 Å². The molecule has 1 aromatic carbocycles. The second-order valence-electron chi connectivity index (χ2n) is 5.27. The second kappa shape index (κ2) is 6.23. The molecule has 7 heteroatoms. The highest BCUT2D eigenvalue weighted by molar-refractivity contribution is 5.91. The fourth-order valence-corrected chi connectivity index (χ4v) is 2.19. The van der Waals surface area contributed by atoms with Gasteiger partial charge in [0.2, 0.25) is 5.91 Å². The molecule has 1 aliphatic rings. The molecule has 0 aromatic heterocycles. The lowest BCUT2D eigenvalue weighted by Gasteiger charge is -2.20. The van der Waals surface area contributed by atoms with Crippen molar-refractivity contribution in [1.29, 1.82) is 0 Å². The van der Waals surface area contributed by atoms with Crippen LogP contribution in [0.2, 0.25) is 0 Å². The van der Waals surface area contributed by atoms with Crippen molar-refractivity contribution in [3.8, 4) is 0 Å². The molecule has 0 radical (unpaired) electrons. The van der Waals surface area contributed by atoms with Crippen molar-refractivity contribution < 1.29 is 18.0 Å². The molecule has 1 amide bonds. The van der Waals surface area contributed by atoms with E-state index in [1.54, 1.807) is 13.0 Å². The van der Waals surface area contributed by atoms with Gasteiger partial charge in [0.05, 0.1) is 11.0 Å². The maximum atomic E-state index is 12.7. The first-order valence-electron chi connectivity index (χ1n) is 6.48. The van der Waals surface area contributed by atoms with Crippen LogP contribution < -0.4 is 11.1 Å². The van der Waals surface area contributed by atoms with Crippen LogP contribution in [-0.4, -0.2) is 18.5 Å². The van der Waals surface area contributed by atoms with Crippen LogP contribution in [0, 0.1) is 0 Å². The van der Waals surface area contributed by atoms with Crippen LogP contribution in [0.4, 0.5) is 13.2 Å². The van der Waals surface area contributed by atoms with E-state index in [1.165, 1.54) is 6.07 Å². The predicted octanol–water partition coefficient (Wildman–Crippen LogP) is 2.62. The molecule has 0 unspecified atom stereocenters. The normalized spacial score (nSPS) is 17.6. The van der Waals surface area contributed by atoms with Crippen LogP contribution in [0.1, 0.15) is 30.9 Å². The SMILES string of the molecule is C[C@@H](CN)NC(=O)C1(c2cccc(C(F)(F)F)c2)CC1.Cl. The van der Waals surface area contributed by atoms with Gasteiger partial charge >= 0.3 is 6.18 Å². The molecule has 1 saturated carbocycles. The van der Waals surface area contributed by atoms with Crippen LogP contribution in [0.3, 0.4) is 0 Å². The van der Waals surface area contributed by atoms with Gasteiger partial charge in [-0.15, -0.1) is 12.4 Å². The summed E-state index contributed by atoms with van der Waals surface area (Å²) in [4.78, 5) is 12.2. The molecular weight excluding hydrogens is 305 g/mol. The summed E-state index contributed by atoms with van der Waals surface area (Å²) in [6.07, 6.45) is -3.26. The Bertz CT molecular complexity index is 515. The number of benzene rings is 1. The maximum Gasteiger partial charge on any atom is 0.416 e. The third-order valence-corrected chi connectivity index (χ3v) is 3.66. The van der Waals surface area contributed by atoms with Crippen LogP contribution in [0.5, 0.6) is 0 Å². The number of nitrogens with two attached hydrogens (primary N) is 1. The maximum absolute atomic E-state index is 12.7. The topological polar surface area (TPSA) is 55.1 Å². The van der Waals surface area contributed by atoms with Gasteiger partial charge in [0.25, 0.3) is 0 Å². The molecule has 0 spiro atoms. The Morgan fingerprint density at radius 2 is 2.05 bits per heavy atom. The predicted molar refractivity (Wildman–Crippen MR) is 76.3 cm³/mol. The summed E-state index contributed by atoms with van der Waals surface area (Å²) in [6, 6.07) is 4.82. The number of hydrogen-bond donors (Lipinski definition) is 2. The van der Waals surface area contributed by atoms with Gasteiger partial charge in [0.15, 0.2) is 0 Å². The van der Waals surface area contributed by atoms with Crippen molar-refractivity contribution in [3.63, 3.8) is 0 Å². The first kappa shape index (κ1) is 17.8. The number of hydrogen-bond acceptors (Lipinski definition) is 2. The molecule has 0 saturated heterocycles. The minimum atomic E-state index is -4.40. The molecule has 0 bridgehead atoms. The summed E-state index contributed by atoms with van der Waals surface area (Å²) >= 11 is 0. The third-order valence-electron chi connectivity index (χ3n) is 3.66. The molecule has 3 N–H and O–H groups in total. The van der Waals surface area contributed by atoms with Crippen LogP contribution in [0.15, 0.2) is 24.3 Å².